The lowest BCUT2D eigenvalue weighted by molar-refractivity contribution is 0.0215. The predicted octanol–water partition coefficient (Wildman–Crippen LogP) is 1.20. The minimum absolute atomic E-state index is 0.130. The average Bonchev–Trinajstić information content (AvgIpc) is 2.40. The molecule has 0 unspecified atom stereocenters. The summed E-state index contributed by atoms with van der Waals surface area (Å²) in [4.78, 5) is 18.0. The van der Waals surface area contributed by atoms with Gasteiger partial charge < -0.3 is 20.8 Å². The summed E-state index contributed by atoms with van der Waals surface area (Å²) in [5.74, 6) is 0. The summed E-state index contributed by atoms with van der Waals surface area (Å²) >= 11 is 0. The number of nitrogens with zero attached hydrogens (tertiary/aromatic N) is 1. The van der Waals surface area contributed by atoms with Crippen LogP contribution in [0.15, 0.2) is 23.3 Å². The molecule has 0 atom stereocenters. The fourth-order valence-corrected chi connectivity index (χ4v) is 1.72. The molecule has 4 N–H and O–H groups in total. The molecule has 0 saturated heterocycles. The highest BCUT2D eigenvalue weighted by molar-refractivity contribution is 5.88. The number of aromatic amines is 1. The van der Waals surface area contributed by atoms with Crippen molar-refractivity contribution in [2.75, 3.05) is 30.8 Å². The van der Waals surface area contributed by atoms with E-state index in [-0.39, 0.29) is 12.2 Å². The Morgan fingerprint density at radius 1 is 1.45 bits per heavy atom. The van der Waals surface area contributed by atoms with Gasteiger partial charge >= 0.3 is 0 Å². The molecule has 108 valence electrons. The number of hydrogen-bond acceptors (Lipinski definition) is 5. The van der Waals surface area contributed by atoms with Gasteiger partial charge in [0.1, 0.15) is 6.61 Å². The van der Waals surface area contributed by atoms with Gasteiger partial charge in [-0.2, -0.15) is 0 Å². The van der Waals surface area contributed by atoms with Gasteiger partial charge in [-0.3, -0.25) is 4.79 Å². The van der Waals surface area contributed by atoms with E-state index in [1.54, 1.807) is 6.07 Å². The summed E-state index contributed by atoms with van der Waals surface area (Å²) < 4.78 is 28.4. The first kappa shape index (κ1) is 14.2. The molecule has 2 rings (SSSR count). The lowest BCUT2D eigenvalue weighted by atomic mass is 10.2. The van der Waals surface area contributed by atoms with Crippen molar-refractivity contribution >= 4 is 22.3 Å². The van der Waals surface area contributed by atoms with Gasteiger partial charge in [0.15, 0.2) is 0 Å². The minimum atomic E-state index is -2.48. The number of alkyl halides is 2. The Morgan fingerprint density at radius 2 is 2.25 bits per heavy atom. The van der Waals surface area contributed by atoms with E-state index in [2.05, 4.69) is 15.3 Å². The monoisotopic (exact) mass is 284 g/mol. The normalized spacial score (nSPS) is 11.2. The second kappa shape index (κ2) is 6.29. The van der Waals surface area contributed by atoms with Crippen LogP contribution >= 0.6 is 0 Å². The average molecular weight is 284 g/mol. The zero-order valence-electron chi connectivity index (χ0n) is 10.5. The third kappa shape index (κ3) is 3.41. The van der Waals surface area contributed by atoms with E-state index in [0.717, 1.165) is 0 Å². The van der Waals surface area contributed by atoms with Crippen LogP contribution in [0.3, 0.4) is 0 Å². The number of hydrogen-bond donors (Lipinski definition) is 3. The molecule has 0 radical (unpaired) electrons. The Balaban J connectivity index is 2.03. The number of ether oxygens (including phenoxy) is 1. The second-order valence-corrected chi connectivity index (χ2v) is 4.08. The molecule has 0 aliphatic rings. The Kier molecular flexibility index (Phi) is 4.46. The van der Waals surface area contributed by atoms with Crippen molar-refractivity contribution in [1.82, 2.24) is 9.97 Å². The number of fused-ring (bicyclic) bond motifs is 1. The lowest BCUT2D eigenvalue weighted by Crippen LogP contribution is -2.14. The molecular weight excluding hydrogens is 270 g/mol. The van der Waals surface area contributed by atoms with E-state index in [1.165, 1.54) is 12.4 Å². The fraction of sp³-hybridized carbons (Fsp3) is 0.333. The van der Waals surface area contributed by atoms with Crippen LogP contribution in [-0.2, 0) is 4.74 Å². The van der Waals surface area contributed by atoms with Gasteiger partial charge in [-0.25, -0.2) is 13.8 Å². The topological polar surface area (TPSA) is 93.0 Å². The first-order chi connectivity index (χ1) is 9.58. The summed E-state index contributed by atoms with van der Waals surface area (Å²) in [5.41, 5.74) is 7.00. The first-order valence-corrected chi connectivity index (χ1v) is 5.94. The number of anilines is 2. The Hall–Kier alpha value is -2.22. The van der Waals surface area contributed by atoms with E-state index in [4.69, 9.17) is 10.5 Å². The van der Waals surface area contributed by atoms with Crippen molar-refractivity contribution in [2.24, 2.45) is 0 Å². The highest BCUT2D eigenvalue weighted by atomic mass is 19.3. The molecule has 1 aromatic carbocycles. The highest BCUT2D eigenvalue weighted by Crippen LogP contribution is 2.22. The number of aromatic nitrogens is 2. The maximum absolute atomic E-state index is 11.9. The largest absolute Gasteiger partial charge is 0.397 e. The summed E-state index contributed by atoms with van der Waals surface area (Å²) in [6.07, 6.45) is -1.17. The van der Waals surface area contributed by atoms with Gasteiger partial charge in [0.05, 0.1) is 35.2 Å². The van der Waals surface area contributed by atoms with Gasteiger partial charge in [-0.15, -0.1) is 0 Å². The number of H-pyrrole nitrogens is 1. The fourth-order valence-electron chi connectivity index (χ4n) is 1.72. The molecule has 0 fully saturated rings. The van der Waals surface area contributed by atoms with Gasteiger partial charge in [0, 0.05) is 6.54 Å². The number of nitrogen functional groups attached to an aromatic ring is 1. The van der Waals surface area contributed by atoms with E-state index < -0.39 is 13.0 Å². The van der Waals surface area contributed by atoms with Crippen molar-refractivity contribution in [2.45, 2.75) is 6.43 Å². The molecule has 2 aromatic rings. The number of nitrogens with two attached hydrogens (primary N) is 1. The molecular formula is C12H14F2N4O2. The molecule has 1 aromatic heterocycles. The Labute approximate surface area is 113 Å². The molecule has 1 heterocycles. The molecule has 8 heteroatoms. The zero-order valence-corrected chi connectivity index (χ0v) is 10.5. The quantitative estimate of drug-likeness (QED) is 0.547. The molecule has 0 saturated carbocycles. The van der Waals surface area contributed by atoms with E-state index in [0.29, 0.717) is 28.8 Å². The zero-order chi connectivity index (χ0) is 14.5. The highest BCUT2D eigenvalue weighted by Gasteiger charge is 2.06. The number of rotatable bonds is 6. The van der Waals surface area contributed by atoms with Crippen LogP contribution in [-0.4, -0.2) is 36.2 Å². The van der Waals surface area contributed by atoms with Crippen molar-refractivity contribution in [3.63, 3.8) is 0 Å². The number of halogens is 2. The van der Waals surface area contributed by atoms with Crippen LogP contribution in [0.5, 0.6) is 0 Å². The van der Waals surface area contributed by atoms with Crippen molar-refractivity contribution in [3.05, 3.63) is 28.8 Å². The van der Waals surface area contributed by atoms with E-state index in [1.807, 2.05) is 0 Å². The number of nitrogens with one attached hydrogen (secondary N) is 2. The van der Waals surface area contributed by atoms with Gasteiger partial charge in [-0.1, -0.05) is 0 Å². The summed E-state index contributed by atoms with van der Waals surface area (Å²) in [5, 5.41) is 3.34. The predicted molar refractivity (Wildman–Crippen MR) is 72.1 cm³/mol. The summed E-state index contributed by atoms with van der Waals surface area (Å²) in [6.45, 7) is -0.137. The molecule has 0 amide bonds. The van der Waals surface area contributed by atoms with Crippen LogP contribution in [0.4, 0.5) is 20.2 Å². The second-order valence-electron chi connectivity index (χ2n) is 4.08. The smallest absolute Gasteiger partial charge is 0.261 e. The van der Waals surface area contributed by atoms with Gasteiger partial charge in [-0.05, 0) is 12.1 Å². The summed E-state index contributed by atoms with van der Waals surface area (Å²) in [6, 6.07) is 3.15. The minimum Gasteiger partial charge on any atom is -0.397 e. The molecule has 20 heavy (non-hydrogen) atoms. The van der Waals surface area contributed by atoms with Crippen LogP contribution in [0.1, 0.15) is 0 Å². The van der Waals surface area contributed by atoms with E-state index in [9.17, 15) is 13.6 Å². The van der Waals surface area contributed by atoms with Crippen LogP contribution in [0, 0.1) is 0 Å². The van der Waals surface area contributed by atoms with Crippen LogP contribution in [0.2, 0.25) is 0 Å². The van der Waals surface area contributed by atoms with Gasteiger partial charge in [0.2, 0.25) is 0 Å². The maximum Gasteiger partial charge on any atom is 0.261 e. The SMILES string of the molecule is Nc1cc2c(=O)[nH]cnc2cc1NCCOCC(F)F. The number of benzene rings is 1. The lowest BCUT2D eigenvalue weighted by Gasteiger charge is -2.10. The maximum atomic E-state index is 11.9. The van der Waals surface area contributed by atoms with E-state index >= 15 is 0 Å². The Morgan fingerprint density at radius 3 is 3.00 bits per heavy atom. The standard InChI is InChI=1S/C12H14F2N4O2/c13-11(14)5-20-2-1-16-10-4-9-7(3-8(10)15)12(19)18-6-17-9/h3-4,6,11,16H,1-2,5,15H2,(H,17,18,19). The summed E-state index contributed by atoms with van der Waals surface area (Å²) in [7, 11) is 0. The molecule has 0 bridgehead atoms. The molecule has 0 spiro atoms. The van der Waals surface area contributed by atoms with Crippen LogP contribution in [0.25, 0.3) is 10.9 Å². The van der Waals surface area contributed by atoms with Crippen molar-refractivity contribution < 1.29 is 13.5 Å². The van der Waals surface area contributed by atoms with Crippen molar-refractivity contribution in [3.8, 4) is 0 Å². The van der Waals surface area contributed by atoms with Crippen LogP contribution < -0.4 is 16.6 Å². The first-order valence-electron chi connectivity index (χ1n) is 5.94. The molecule has 0 aliphatic carbocycles. The third-order valence-electron chi connectivity index (χ3n) is 2.62. The molecule has 6 nitrogen and oxygen atoms in total. The molecule has 0 aliphatic heterocycles. The van der Waals surface area contributed by atoms with Crippen molar-refractivity contribution in [1.29, 1.82) is 0 Å². The van der Waals surface area contributed by atoms with Gasteiger partial charge in [0.25, 0.3) is 12.0 Å². The third-order valence-corrected chi connectivity index (χ3v) is 2.62. The Bertz CT molecular complexity index is 645.